The van der Waals surface area contributed by atoms with Crippen molar-refractivity contribution in [3.05, 3.63) is 23.5 Å². The van der Waals surface area contributed by atoms with Crippen molar-refractivity contribution < 1.29 is 14.3 Å². The van der Waals surface area contributed by atoms with Crippen LogP contribution in [-0.2, 0) is 0 Å². The van der Waals surface area contributed by atoms with E-state index >= 15 is 0 Å². The zero-order chi connectivity index (χ0) is 13.9. The van der Waals surface area contributed by atoms with Crippen molar-refractivity contribution in [2.24, 2.45) is 0 Å². The third-order valence-electron chi connectivity index (χ3n) is 3.12. The van der Waals surface area contributed by atoms with Gasteiger partial charge < -0.3 is 15.7 Å². The minimum absolute atomic E-state index is 0.215. The topological polar surface area (TPSA) is 66.6 Å². The number of rotatable bonds is 5. The van der Waals surface area contributed by atoms with Crippen LogP contribution in [-0.4, -0.2) is 23.7 Å². The number of benzene rings is 1. The van der Waals surface area contributed by atoms with E-state index in [0.29, 0.717) is 12.2 Å². The molecule has 1 rings (SSSR count). The van der Waals surface area contributed by atoms with E-state index in [2.05, 4.69) is 0 Å². The monoisotopic (exact) mass is 254 g/mol. The van der Waals surface area contributed by atoms with Crippen LogP contribution >= 0.6 is 0 Å². The van der Waals surface area contributed by atoms with Crippen molar-refractivity contribution in [3.63, 3.8) is 0 Å². The molecule has 0 heterocycles. The maximum absolute atomic E-state index is 13.7. The van der Waals surface area contributed by atoms with Gasteiger partial charge in [0.1, 0.15) is 5.82 Å². The first-order valence-electron chi connectivity index (χ1n) is 6.01. The number of anilines is 2. The van der Waals surface area contributed by atoms with Gasteiger partial charge in [0, 0.05) is 18.7 Å². The van der Waals surface area contributed by atoms with Crippen LogP contribution in [0.25, 0.3) is 0 Å². The second kappa shape index (κ2) is 5.71. The van der Waals surface area contributed by atoms with Crippen LogP contribution in [0.15, 0.2) is 12.1 Å². The number of hydrogen-bond donors (Lipinski definition) is 2. The molecule has 0 aliphatic heterocycles. The second-order valence-corrected chi connectivity index (χ2v) is 4.24. The van der Waals surface area contributed by atoms with Gasteiger partial charge in [0.05, 0.1) is 16.9 Å². The molecule has 1 atom stereocenters. The van der Waals surface area contributed by atoms with Crippen LogP contribution in [0.1, 0.15) is 37.6 Å². The normalized spacial score (nSPS) is 12.2. The second-order valence-electron chi connectivity index (χ2n) is 4.24. The summed E-state index contributed by atoms with van der Waals surface area (Å²) in [6.07, 6.45) is 0.898. The number of halogens is 1. The van der Waals surface area contributed by atoms with E-state index in [1.165, 1.54) is 12.1 Å². The highest BCUT2D eigenvalue weighted by Crippen LogP contribution is 2.28. The third kappa shape index (κ3) is 2.72. The molecule has 1 aromatic carbocycles. The molecule has 0 fully saturated rings. The zero-order valence-corrected chi connectivity index (χ0v) is 10.9. The fraction of sp³-hybridized carbons (Fsp3) is 0.462. The lowest BCUT2D eigenvalue weighted by Gasteiger charge is -2.30. The average Bonchev–Trinajstić information content (AvgIpc) is 2.33. The SMILES string of the molecule is CCC(C)N(CC)c1cc(F)c(C(=O)O)cc1N. The Balaban J connectivity index is 3.25. The number of hydrogen-bond acceptors (Lipinski definition) is 3. The Morgan fingerprint density at radius 2 is 2.11 bits per heavy atom. The predicted molar refractivity (Wildman–Crippen MR) is 70.5 cm³/mol. The number of nitrogen functional groups attached to an aromatic ring is 1. The standard InChI is InChI=1S/C13H19FN2O2/c1-4-8(3)16(5-2)12-7-10(14)9(13(17)18)6-11(12)15/h6-8H,4-5,15H2,1-3H3,(H,17,18). The molecule has 3 N–H and O–H groups in total. The molecular weight excluding hydrogens is 235 g/mol. The number of nitrogens with two attached hydrogens (primary N) is 1. The number of carboxylic acids is 1. The number of aromatic carboxylic acids is 1. The molecule has 0 saturated carbocycles. The summed E-state index contributed by atoms with van der Waals surface area (Å²) in [5.41, 5.74) is 6.27. The van der Waals surface area contributed by atoms with Crippen LogP contribution < -0.4 is 10.6 Å². The van der Waals surface area contributed by atoms with Crippen molar-refractivity contribution in [2.75, 3.05) is 17.2 Å². The van der Waals surface area contributed by atoms with Crippen molar-refractivity contribution in [3.8, 4) is 0 Å². The van der Waals surface area contributed by atoms with E-state index in [9.17, 15) is 9.18 Å². The van der Waals surface area contributed by atoms with E-state index in [-0.39, 0.29) is 11.7 Å². The maximum atomic E-state index is 13.7. The van der Waals surface area contributed by atoms with E-state index in [4.69, 9.17) is 10.8 Å². The lowest BCUT2D eigenvalue weighted by molar-refractivity contribution is 0.0692. The maximum Gasteiger partial charge on any atom is 0.338 e. The van der Waals surface area contributed by atoms with Gasteiger partial charge in [0.25, 0.3) is 0 Å². The van der Waals surface area contributed by atoms with Crippen LogP contribution in [0, 0.1) is 5.82 Å². The molecule has 0 spiro atoms. The summed E-state index contributed by atoms with van der Waals surface area (Å²) in [4.78, 5) is 12.8. The van der Waals surface area contributed by atoms with Crippen LogP contribution in [0.4, 0.5) is 15.8 Å². The quantitative estimate of drug-likeness (QED) is 0.793. The molecule has 0 radical (unpaired) electrons. The van der Waals surface area contributed by atoms with Gasteiger partial charge in [0.2, 0.25) is 0 Å². The molecule has 5 heteroatoms. The summed E-state index contributed by atoms with van der Waals surface area (Å²) in [5, 5.41) is 8.82. The van der Waals surface area contributed by atoms with Crippen LogP contribution in [0.3, 0.4) is 0 Å². The summed E-state index contributed by atoms with van der Waals surface area (Å²) in [7, 11) is 0. The van der Waals surface area contributed by atoms with E-state index in [1.54, 1.807) is 0 Å². The first kappa shape index (κ1) is 14.3. The Hall–Kier alpha value is -1.78. The summed E-state index contributed by atoms with van der Waals surface area (Å²) < 4.78 is 13.7. The highest BCUT2D eigenvalue weighted by atomic mass is 19.1. The van der Waals surface area contributed by atoms with Gasteiger partial charge in [-0.2, -0.15) is 0 Å². The smallest absolute Gasteiger partial charge is 0.338 e. The molecule has 0 amide bonds. The van der Waals surface area contributed by atoms with Crippen molar-refractivity contribution in [2.45, 2.75) is 33.2 Å². The summed E-state index contributed by atoms with van der Waals surface area (Å²) in [6, 6.07) is 2.60. The predicted octanol–water partition coefficient (Wildman–Crippen LogP) is 2.73. The highest BCUT2D eigenvalue weighted by molar-refractivity contribution is 5.91. The minimum Gasteiger partial charge on any atom is -0.478 e. The summed E-state index contributed by atoms with van der Waals surface area (Å²) >= 11 is 0. The lowest BCUT2D eigenvalue weighted by Crippen LogP contribution is -2.33. The van der Waals surface area contributed by atoms with Crippen LogP contribution in [0.5, 0.6) is 0 Å². The highest BCUT2D eigenvalue weighted by Gasteiger charge is 2.19. The molecule has 0 aromatic heterocycles. The fourth-order valence-electron chi connectivity index (χ4n) is 1.93. The molecule has 0 aliphatic rings. The average molecular weight is 254 g/mol. The Morgan fingerprint density at radius 1 is 1.50 bits per heavy atom. The molecular formula is C13H19FN2O2. The lowest BCUT2D eigenvalue weighted by atomic mass is 10.1. The molecule has 0 bridgehead atoms. The van der Waals surface area contributed by atoms with Crippen molar-refractivity contribution in [1.29, 1.82) is 0 Å². The Morgan fingerprint density at radius 3 is 2.56 bits per heavy atom. The van der Waals surface area contributed by atoms with Gasteiger partial charge in [-0.05, 0) is 26.3 Å². The first-order chi connectivity index (χ1) is 8.42. The number of nitrogens with zero attached hydrogens (tertiary/aromatic N) is 1. The largest absolute Gasteiger partial charge is 0.478 e. The fourth-order valence-corrected chi connectivity index (χ4v) is 1.93. The molecule has 1 unspecified atom stereocenters. The van der Waals surface area contributed by atoms with Gasteiger partial charge >= 0.3 is 5.97 Å². The van der Waals surface area contributed by atoms with Gasteiger partial charge in [-0.1, -0.05) is 6.92 Å². The van der Waals surface area contributed by atoms with E-state index in [0.717, 1.165) is 6.42 Å². The Bertz CT molecular complexity index is 449. The van der Waals surface area contributed by atoms with Crippen LogP contribution in [0.2, 0.25) is 0 Å². The van der Waals surface area contributed by atoms with Gasteiger partial charge in [-0.25, -0.2) is 9.18 Å². The summed E-state index contributed by atoms with van der Waals surface area (Å²) in [6.45, 7) is 6.69. The van der Waals surface area contributed by atoms with Crippen molar-refractivity contribution >= 4 is 17.3 Å². The third-order valence-corrected chi connectivity index (χ3v) is 3.12. The van der Waals surface area contributed by atoms with E-state index < -0.39 is 17.3 Å². The number of carbonyl (C=O) groups is 1. The van der Waals surface area contributed by atoms with Gasteiger partial charge in [0.15, 0.2) is 0 Å². The molecule has 18 heavy (non-hydrogen) atoms. The van der Waals surface area contributed by atoms with Crippen molar-refractivity contribution in [1.82, 2.24) is 0 Å². The molecule has 0 aliphatic carbocycles. The first-order valence-corrected chi connectivity index (χ1v) is 6.01. The van der Waals surface area contributed by atoms with Gasteiger partial charge in [-0.3, -0.25) is 0 Å². The number of carboxylic acid groups (broad SMARTS) is 1. The Kier molecular flexibility index (Phi) is 4.53. The Labute approximate surface area is 106 Å². The van der Waals surface area contributed by atoms with Gasteiger partial charge in [-0.15, -0.1) is 0 Å². The zero-order valence-electron chi connectivity index (χ0n) is 10.9. The van der Waals surface area contributed by atoms with E-state index in [1.807, 2.05) is 25.7 Å². The molecule has 100 valence electrons. The summed E-state index contributed by atoms with van der Waals surface area (Å²) in [5.74, 6) is -2.06. The minimum atomic E-state index is -1.31. The molecule has 0 saturated heterocycles. The molecule has 1 aromatic rings. The molecule has 4 nitrogen and oxygen atoms in total.